The number of carboxylic acids is 1. The summed E-state index contributed by atoms with van der Waals surface area (Å²) in [5.41, 5.74) is 0.266. The molecule has 0 bridgehead atoms. The van der Waals surface area contributed by atoms with Gasteiger partial charge in [-0.1, -0.05) is 29.6 Å². The predicted molar refractivity (Wildman–Crippen MR) is 51.7 cm³/mol. The summed E-state index contributed by atoms with van der Waals surface area (Å²) >= 11 is 0. The lowest BCUT2D eigenvalue weighted by Crippen LogP contribution is -2.34. The fourth-order valence-corrected chi connectivity index (χ4v) is 1.18. The Morgan fingerprint density at radius 3 is 2.50 bits per heavy atom. The predicted octanol–water partition coefficient (Wildman–Crippen LogP) is 2.24. The van der Waals surface area contributed by atoms with Gasteiger partial charge in [-0.3, -0.25) is 0 Å². The van der Waals surface area contributed by atoms with Gasteiger partial charge in [0.15, 0.2) is 6.04 Å². The minimum atomic E-state index is -1.15. The van der Waals surface area contributed by atoms with E-state index in [0.29, 0.717) is 0 Å². The van der Waals surface area contributed by atoms with Crippen LogP contribution in [0.1, 0.15) is 13.3 Å². The lowest BCUT2D eigenvalue weighted by molar-refractivity contribution is -0.139. The van der Waals surface area contributed by atoms with Crippen LogP contribution >= 0.6 is 0 Å². The van der Waals surface area contributed by atoms with E-state index in [2.05, 4.69) is 0 Å². The van der Waals surface area contributed by atoms with Crippen molar-refractivity contribution in [2.45, 2.75) is 19.4 Å². The average molecular weight is 197 g/mol. The molecule has 0 heterocycles. The molecule has 0 aliphatic carbocycles. The van der Waals surface area contributed by atoms with Gasteiger partial charge in [-0.2, -0.15) is 5.12 Å². The van der Waals surface area contributed by atoms with E-state index in [-0.39, 0.29) is 17.2 Å². The highest BCUT2D eigenvalue weighted by Gasteiger charge is 2.23. The summed E-state index contributed by atoms with van der Waals surface area (Å²) in [5, 5.41) is 9.00. The van der Waals surface area contributed by atoms with Crippen molar-refractivity contribution in [1.82, 2.24) is 0 Å². The molecule has 1 rings (SSSR count). The van der Waals surface area contributed by atoms with Crippen molar-refractivity contribution in [2.24, 2.45) is 0 Å². The van der Waals surface area contributed by atoms with Gasteiger partial charge >= 0.3 is 5.97 Å². The largest absolute Gasteiger partial charge is 0.480 e. The van der Waals surface area contributed by atoms with Crippen molar-refractivity contribution in [2.75, 3.05) is 5.12 Å². The maximum atomic E-state index is 13.5. The van der Waals surface area contributed by atoms with Gasteiger partial charge in [-0.25, -0.2) is 4.79 Å². The van der Waals surface area contributed by atoms with Crippen LogP contribution in [0.2, 0.25) is 0 Å². The first-order valence-electron chi connectivity index (χ1n) is 4.39. The highest BCUT2D eigenvalue weighted by molar-refractivity contribution is 5.77. The summed E-state index contributed by atoms with van der Waals surface area (Å²) in [6.45, 7) is 1.63. The average Bonchev–Trinajstić information content (AvgIpc) is 2.19. The van der Waals surface area contributed by atoms with E-state index in [9.17, 15) is 9.28 Å². The van der Waals surface area contributed by atoms with E-state index in [1.807, 2.05) is 0 Å². The van der Waals surface area contributed by atoms with Crippen molar-refractivity contribution in [1.29, 1.82) is 0 Å². The second-order valence-electron chi connectivity index (χ2n) is 2.91. The van der Waals surface area contributed by atoms with E-state index in [4.69, 9.17) is 5.11 Å². The zero-order valence-corrected chi connectivity index (χ0v) is 7.85. The maximum absolute atomic E-state index is 13.5. The number of benzene rings is 1. The van der Waals surface area contributed by atoms with Crippen molar-refractivity contribution < 1.29 is 14.4 Å². The molecular weight excluding hydrogens is 185 g/mol. The SMILES string of the molecule is CCC(C(=O)O)N(F)c1ccccc1. The molecule has 1 aromatic carbocycles. The number of anilines is 1. The van der Waals surface area contributed by atoms with Crippen molar-refractivity contribution in [3.63, 3.8) is 0 Å². The molecule has 0 aliphatic rings. The Hall–Kier alpha value is -1.58. The third-order valence-corrected chi connectivity index (χ3v) is 1.95. The molecule has 1 N–H and O–H groups in total. The summed E-state index contributed by atoms with van der Waals surface area (Å²) in [7, 11) is 0. The first kappa shape index (κ1) is 10.5. The molecule has 14 heavy (non-hydrogen) atoms. The number of hydrogen-bond donors (Lipinski definition) is 1. The van der Waals surface area contributed by atoms with Gasteiger partial charge in [0, 0.05) is 0 Å². The molecule has 3 nitrogen and oxygen atoms in total. The van der Waals surface area contributed by atoms with E-state index in [0.717, 1.165) is 0 Å². The molecule has 0 spiro atoms. The highest BCUT2D eigenvalue weighted by atomic mass is 19.2. The van der Waals surface area contributed by atoms with E-state index < -0.39 is 12.0 Å². The standard InChI is InChI=1S/C10H12FNO2/c1-2-9(10(13)14)12(11)8-6-4-3-5-7-8/h3-7,9H,2H2,1H3,(H,13,14). The fourth-order valence-electron chi connectivity index (χ4n) is 1.18. The third-order valence-electron chi connectivity index (χ3n) is 1.95. The Morgan fingerprint density at radius 1 is 1.50 bits per heavy atom. The normalized spacial score (nSPS) is 12.1. The van der Waals surface area contributed by atoms with Gasteiger partial charge in [0.25, 0.3) is 0 Å². The van der Waals surface area contributed by atoms with Crippen LogP contribution in [0.3, 0.4) is 0 Å². The van der Waals surface area contributed by atoms with E-state index in [1.165, 1.54) is 12.1 Å². The van der Waals surface area contributed by atoms with Crippen LogP contribution in [0.15, 0.2) is 30.3 Å². The van der Waals surface area contributed by atoms with Crippen LogP contribution in [0.25, 0.3) is 0 Å². The van der Waals surface area contributed by atoms with Gasteiger partial charge in [0.05, 0.1) is 5.69 Å². The number of aliphatic carboxylic acids is 1. The van der Waals surface area contributed by atoms with Gasteiger partial charge in [-0.15, -0.1) is 0 Å². The quantitative estimate of drug-likeness (QED) is 0.752. The molecule has 0 saturated heterocycles. The molecule has 0 amide bonds. The van der Waals surface area contributed by atoms with Crippen LogP contribution in [0.4, 0.5) is 10.2 Å². The summed E-state index contributed by atoms with van der Waals surface area (Å²) < 4.78 is 13.5. The molecule has 0 saturated carbocycles. The van der Waals surface area contributed by atoms with Crippen LogP contribution in [0, 0.1) is 0 Å². The van der Waals surface area contributed by atoms with Crippen molar-refractivity contribution >= 4 is 11.7 Å². The number of halogens is 1. The molecule has 1 atom stereocenters. The lowest BCUT2D eigenvalue weighted by Gasteiger charge is -2.20. The number of carboxylic acid groups (broad SMARTS) is 1. The summed E-state index contributed by atoms with van der Waals surface area (Å²) in [4.78, 5) is 10.7. The zero-order chi connectivity index (χ0) is 10.6. The fraction of sp³-hybridized carbons (Fsp3) is 0.300. The molecule has 4 heteroatoms. The number of rotatable bonds is 4. The third kappa shape index (κ3) is 2.22. The Labute approximate surface area is 81.7 Å². The Kier molecular flexibility index (Phi) is 3.45. The summed E-state index contributed by atoms with van der Waals surface area (Å²) in [6.07, 6.45) is 0.223. The first-order chi connectivity index (χ1) is 6.66. The number of hydrogen-bond acceptors (Lipinski definition) is 2. The zero-order valence-electron chi connectivity index (χ0n) is 7.85. The van der Waals surface area contributed by atoms with Gasteiger partial charge in [-0.05, 0) is 18.6 Å². The Morgan fingerprint density at radius 2 is 2.07 bits per heavy atom. The minimum absolute atomic E-state index is 0.223. The van der Waals surface area contributed by atoms with Crippen LogP contribution in [0.5, 0.6) is 0 Å². The van der Waals surface area contributed by atoms with Gasteiger partial charge in [0.2, 0.25) is 0 Å². The second-order valence-corrected chi connectivity index (χ2v) is 2.91. The van der Waals surface area contributed by atoms with Crippen LogP contribution in [-0.2, 0) is 4.79 Å². The number of nitrogens with zero attached hydrogens (tertiary/aromatic N) is 1. The van der Waals surface area contributed by atoms with Gasteiger partial charge in [0.1, 0.15) is 0 Å². The second kappa shape index (κ2) is 4.60. The smallest absolute Gasteiger partial charge is 0.329 e. The van der Waals surface area contributed by atoms with Crippen molar-refractivity contribution in [3.8, 4) is 0 Å². The molecule has 0 fully saturated rings. The monoisotopic (exact) mass is 197 g/mol. The summed E-state index contributed by atoms with van der Waals surface area (Å²) in [5.74, 6) is -1.15. The molecular formula is C10H12FNO2. The minimum Gasteiger partial charge on any atom is -0.480 e. The molecule has 0 radical (unpaired) electrons. The van der Waals surface area contributed by atoms with E-state index in [1.54, 1.807) is 25.1 Å². The number of carbonyl (C=O) groups is 1. The highest BCUT2D eigenvalue weighted by Crippen LogP contribution is 2.18. The van der Waals surface area contributed by atoms with Crippen molar-refractivity contribution in [3.05, 3.63) is 30.3 Å². The summed E-state index contributed by atoms with van der Waals surface area (Å²) in [6, 6.07) is 7.03. The van der Waals surface area contributed by atoms with Gasteiger partial charge < -0.3 is 5.11 Å². The molecule has 1 aromatic rings. The number of para-hydroxylation sites is 1. The maximum Gasteiger partial charge on any atom is 0.329 e. The lowest BCUT2D eigenvalue weighted by atomic mass is 10.2. The Balaban J connectivity index is 2.83. The molecule has 0 aromatic heterocycles. The van der Waals surface area contributed by atoms with Crippen LogP contribution in [-0.4, -0.2) is 17.1 Å². The molecule has 1 unspecified atom stereocenters. The molecule has 0 aliphatic heterocycles. The first-order valence-corrected chi connectivity index (χ1v) is 4.39. The van der Waals surface area contributed by atoms with Crippen LogP contribution < -0.4 is 5.12 Å². The topological polar surface area (TPSA) is 40.5 Å². The molecule has 76 valence electrons. The van der Waals surface area contributed by atoms with E-state index >= 15 is 0 Å². The Bertz CT molecular complexity index is 302.